The van der Waals surface area contributed by atoms with E-state index in [0.717, 1.165) is 6.42 Å². The highest BCUT2D eigenvalue weighted by Crippen LogP contribution is 2.10. The maximum absolute atomic E-state index is 12.9. The largest absolute Gasteiger partial charge is 0.480 e. The topological polar surface area (TPSA) is 151 Å². The van der Waals surface area contributed by atoms with Gasteiger partial charge < -0.3 is 26.8 Å². The first-order valence-electron chi connectivity index (χ1n) is 10.4. The van der Waals surface area contributed by atoms with Crippen molar-refractivity contribution in [2.24, 2.45) is 23.5 Å². The van der Waals surface area contributed by atoms with Gasteiger partial charge in [0.25, 0.3) is 0 Å². The van der Waals surface area contributed by atoms with Crippen LogP contribution in [0.25, 0.3) is 0 Å². The van der Waals surface area contributed by atoms with Gasteiger partial charge in [-0.1, -0.05) is 48.0 Å². The lowest BCUT2D eigenvalue weighted by Crippen LogP contribution is -2.59. The Hall–Kier alpha value is -1.81. The van der Waals surface area contributed by atoms with Gasteiger partial charge in [-0.2, -0.15) is 12.6 Å². The van der Waals surface area contributed by atoms with Crippen molar-refractivity contribution in [2.45, 2.75) is 78.6 Å². The molecule has 0 bridgehead atoms. The molecule has 3 amide bonds. The van der Waals surface area contributed by atoms with Crippen LogP contribution in [0.2, 0.25) is 0 Å². The van der Waals surface area contributed by atoms with Crippen LogP contribution in [0.4, 0.5) is 0 Å². The Morgan fingerprint density at radius 2 is 1.43 bits per heavy atom. The molecule has 0 aromatic rings. The van der Waals surface area contributed by atoms with E-state index in [1.165, 1.54) is 0 Å². The number of carboxylic acid groups (broad SMARTS) is 1. The predicted octanol–water partition coefficient (Wildman–Crippen LogP) is 0.531. The normalized spacial score (nSPS) is 16.3. The van der Waals surface area contributed by atoms with Crippen LogP contribution in [0.15, 0.2) is 0 Å². The Balaban J connectivity index is 5.38. The number of rotatable bonds is 13. The molecule has 0 spiro atoms. The molecule has 5 unspecified atom stereocenters. The van der Waals surface area contributed by atoms with Crippen molar-refractivity contribution in [3.05, 3.63) is 0 Å². The maximum atomic E-state index is 12.9. The molecular weight excluding hydrogens is 408 g/mol. The molecule has 0 saturated carbocycles. The molecule has 0 aliphatic carbocycles. The zero-order valence-corrected chi connectivity index (χ0v) is 19.7. The second-order valence-electron chi connectivity index (χ2n) is 8.41. The van der Waals surface area contributed by atoms with Crippen LogP contribution < -0.4 is 21.7 Å². The summed E-state index contributed by atoms with van der Waals surface area (Å²) in [6.07, 6.45) is 1.09. The number of carbonyl (C=O) groups excluding carboxylic acids is 3. The summed E-state index contributed by atoms with van der Waals surface area (Å²) in [6.45, 7) is 11.1. The summed E-state index contributed by atoms with van der Waals surface area (Å²) in [6, 6.07) is -3.73. The van der Waals surface area contributed by atoms with Crippen molar-refractivity contribution in [2.75, 3.05) is 5.75 Å². The zero-order valence-electron chi connectivity index (χ0n) is 18.8. The average molecular weight is 447 g/mol. The lowest BCUT2D eigenvalue weighted by atomic mass is 9.97. The molecule has 0 aromatic carbocycles. The van der Waals surface area contributed by atoms with Gasteiger partial charge in [0.15, 0.2) is 0 Å². The van der Waals surface area contributed by atoms with Gasteiger partial charge in [0.1, 0.15) is 18.1 Å². The van der Waals surface area contributed by atoms with Crippen LogP contribution in [0.1, 0.15) is 54.4 Å². The maximum Gasteiger partial charge on any atom is 0.327 e. The predicted molar refractivity (Wildman–Crippen MR) is 119 cm³/mol. The second-order valence-corrected chi connectivity index (χ2v) is 8.78. The molecule has 0 rings (SSSR count). The van der Waals surface area contributed by atoms with E-state index in [-0.39, 0.29) is 23.5 Å². The SMILES string of the molecule is CCC(C)C(N)C(=O)NC(CC(C)C)C(=O)NC(C(=O)NC(CS)C(=O)O)C(C)C. The molecule has 0 radical (unpaired) electrons. The number of thiol groups is 1. The van der Waals surface area contributed by atoms with Crippen molar-refractivity contribution in [1.29, 1.82) is 0 Å². The van der Waals surface area contributed by atoms with Crippen LogP contribution in [-0.4, -0.2) is 58.7 Å². The summed E-state index contributed by atoms with van der Waals surface area (Å²) in [5, 5.41) is 16.9. The minimum Gasteiger partial charge on any atom is -0.480 e. The van der Waals surface area contributed by atoms with E-state index in [1.54, 1.807) is 13.8 Å². The third-order valence-corrected chi connectivity index (χ3v) is 5.31. The first-order chi connectivity index (χ1) is 13.8. The highest BCUT2D eigenvalue weighted by molar-refractivity contribution is 7.80. The number of nitrogens with one attached hydrogen (secondary N) is 3. The van der Waals surface area contributed by atoms with E-state index in [4.69, 9.17) is 10.8 Å². The van der Waals surface area contributed by atoms with E-state index in [2.05, 4.69) is 28.6 Å². The third kappa shape index (κ3) is 9.34. The average Bonchev–Trinajstić information content (AvgIpc) is 2.66. The number of hydrogen-bond acceptors (Lipinski definition) is 6. The van der Waals surface area contributed by atoms with Crippen molar-refractivity contribution in [3.63, 3.8) is 0 Å². The zero-order chi connectivity index (χ0) is 23.6. The van der Waals surface area contributed by atoms with Crippen molar-refractivity contribution in [3.8, 4) is 0 Å². The van der Waals surface area contributed by atoms with Crippen molar-refractivity contribution in [1.82, 2.24) is 16.0 Å². The molecule has 174 valence electrons. The fourth-order valence-electron chi connectivity index (χ4n) is 2.72. The van der Waals surface area contributed by atoms with Crippen LogP contribution in [0, 0.1) is 17.8 Å². The quantitative estimate of drug-likeness (QED) is 0.227. The minimum atomic E-state index is -1.21. The minimum absolute atomic E-state index is 0.0452. The highest BCUT2D eigenvalue weighted by Gasteiger charge is 2.32. The summed E-state index contributed by atoms with van der Waals surface area (Å²) in [7, 11) is 0. The molecule has 5 atom stereocenters. The van der Waals surface area contributed by atoms with Crippen molar-refractivity contribution < 1.29 is 24.3 Å². The van der Waals surface area contributed by atoms with Gasteiger partial charge in [0.2, 0.25) is 17.7 Å². The van der Waals surface area contributed by atoms with Crippen LogP contribution >= 0.6 is 12.6 Å². The van der Waals surface area contributed by atoms with Gasteiger partial charge in [0.05, 0.1) is 6.04 Å². The number of carboxylic acids is 1. The summed E-state index contributed by atoms with van der Waals surface area (Å²) < 4.78 is 0. The molecular formula is C20H38N4O5S. The van der Waals surface area contributed by atoms with Crippen LogP contribution in [-0.2, 0) is 19.2 Å². The Kier molecular flexibility index (Phi) is 12.7. The van der Waals surface area contributed by atoms with Gasteiger partial charge in [-0.15, -0.1) is 0 Å². The monoisotopic (exact) mass is 446 g/mol. The molecule has 9 nitrogen and oxygen atoms in total. The summed E-state index contributed by atoms with van der Waals surface area (Å²) >= 11 is 3.93. The molecule has 0 aliphatic heterocycles. The molecule has 0 aliphatic rings. The van der Waals surface area contributed by atoms with Crippen LogP contribution in [0.5, 0.6) is 0 Å². The fourth-order valence-corrected chi connectivity index (χ4v) is 2.97. The van der Waals surface area contributed by atoms with E-state index < -0.39 is 47.9 Å². The Labute approximate surface area is 184 Å². The summed E-state index contributed by atoms with van der Waals surface area (Å²) in [5.41, 5.74) is 5.98. The molecule has 0 saturated heterocycles. The summed E-state index contributed by atoms with van der Waals surface area (Å²) in [5.74, 6) is -3.09. The highest BCUT2D eigenvalue weighted by atomic mass is 32.1. The molecule has 6 N–H and O–H groups in total. The first kappa shape index (κ1) is 28.2. The standard InChI is InChI=1S/C20H38N4O5S/c1-7-12(6)15(21)18(26)22-13(8-10(2)3)17(25)24-16(11(4)5)19(27)23-14(9-30)20(28)29/h10-16,30H,7-9,21H2,1-6H3,(H,22,26)(H,23,27)(H,24,25)(H,28,29). The number of aliphatic carboxylic acids is 1. The van der Waals surface area contributed by atoms with Crippen LogP contribution in [0.3, 0.4) is 0 Å². The lowest BCUT2D eigenvalue weighted by molar-refractivity contribution is -0.142. The van der Waals surface area contributed by atoms with Gasteiger partial charge in [-0.05, 0) is 24.2 Å². The fraction of sp³-hybridized carbons (Fsp3) is 0.800. The van der Waals surface area contributed by atoms with E-state index in [0.29, 0.717) is 6.42 Å². The van der Waals surface area contributed by atoms with E-state index in [9.17, 15) is 19.2 Å². The van der Waals surface area contributed by atoms with Crippen molar-refractivity contribution >= 4 is 36.3 Å². The number of hydrogen-bond donors (Lipinski definition) is 6. The van der Waals surface area contributed by atoms with Gasteiger partial charge in [-0.25, -0.2) is 4.79 Å². The third-order valence-electron chi connectivity index (χ3n) is 4.94. The second kappa shape index (κ2) is 13.5. The molecule has 0 aromatic heterocycles. The Bertz CT molecular complexity index is 600. The van der Waals surface area contributed by atoms with Gasteiger partial charge in [-0.3, -0.25) is 14.4 Å². The smallest absolute Gasteiger partial charge is 0.327 e. The molecule has 0 heterocycles. The van der Waals surface area contributed by atoms with Gasteiger partial charge in [0, 0.05) is 5.75 Å². The first-order valence-corrected chi connectivity index (χ1v) is 11.0. The summed E-state index contributed by atoms with van der Waals surface area (Å²) in [4.78, 5) is 49.1. The lowest BCUT2D eigenvalue weighted by Gasteiger charge is -2.28. The number of carbonyl (C=O) groups is 4. The number of nitrogens with two attached hydrogens (primary N) is 1. The molecule has 30 heavy (non-hydrogen) atoms. The Morgan fingerprint density at radius 1 is 0.900 bits per heavy atom. The van der Waals surface area contributed by atoms with E-state index >= 15 is 0 Å². The Morgan fingerprint density at radius 3 is 1.83 bits per heavy atom. The number of amides is 3. The molecule has 10 heteroatoms. The van der Waals surface area contributed by atoms with Gasteiger partial charge >= 0.3 is 5.97 Å². The van der Waals surface area contributed by atoms with E-state index in [1.807, 2.05) is 27.7 Å². The molecule has 0 fully saturated rings.